The third-order valence-electron chi connectivity index (χ3n) is 5.12. The van der Waals surface area contributed by atoms with E-state index >= 15 is 0 Å². The average Bonchev–Trinajstić information content (AvgIpc) is 3.58. The number of pyridine rings is 1. The van der Waals surface area contributed by atoms with Crippen molar-refractivity contribution in [2.24, 2.45) is 0 Å². The predicted molar refractivity (Wildman–Crippen MR) is 107 cm³/mol. The van der Waals surface area contributed by atoms with Crippen LogP contribution in [0, 0.1) is 0 Å². The zero-order chi connectivity index (χ0) is 19.2. The zero-order valence-electron chi connectivity index (χ0n) is 16.0. The highest BCUT2D eigenvalue weighted by atomic mass is 16.5. The van der Waals surface area contributed by atoms with Gasteiger partial charge in [-0.05, 0) is 68.5 Å². The van der Waals surface area contributed by atoms with E-state index in [1.807, 2.05) is 47.4 Å². The molecule has 1 aromatic heterocycles. The fraction of sp³-hybridized carbons (Fsp3) is 0.455. The van der Waals surface area contributed by atoms with Crippen molar-refractivity contribution in [3.05, 3.63) is 54.4 Å². The van der Waals surface area contributed by atoms with E-state index in [2.05, 4.69) is 10.3 Å². The smallest absolute Gasteiger partial charge is 0.322 e. The molecular weight excluding hydrogens is 354 g/mol. The van der Waals surface area contributed by atoms with Gasteiger partial charge in [-0.25, -0.2) is 4.79 Å². The number of nitrogens with zero attached hydrogens (tertiary/aromatic N) is 2. The molecule has 4 rings (SSSR count). The van der Waals surface area contributed by atoms with Crippen molar-refractivity contribution in [1.82, 2.24) is 9.88 Å². The Morgan fingerprint density at radius 1 is 1.14 bits per heavy atom. The van der Waals surface area contributed by atoms with Crippen LogP contribution in [0.3, 0.4) is 0 Å². The molecule has 2 amide bonds. The fourth-order valence-electron chi connectivity index (χ4n) is 3.38. The van der Waals surface area contributed by atoms with E-state index in [9.17, 15) is 4.79 Å². The SMILES string of the molecule is O=C(Nc1ccc(OCC2CCCCO2)cc1)N(Cc1ccccn1)C1CC1. The molecule has 1 aromatic carbocycles. The first-order valence-corrected chi connectivity index (χ1v) is 10.1. The van der Waals surface area contributed by atoms with Crippen LogP contribution >= 0.6 is 0 Å². The summed E-state index contributed by atoms with van der Waals surface area (Å²) in [5, 5.41) is 3.00. The van der Waals surface area contributed by atoms with Crippen molar-refractivity contribution >= 4 is 11.7 Å². The second-order valence-electron chi connectivity index (χ2n) is 7.43. The lowest BCUT2D eigenvalue weighted by Crippen LogP contribution is -2.36. The van der Waals surface area contributed by atoms with E-state index < -0.39 is 0 Å². The van der Waals surface area contributed by atoms with Gasteiger partial charge < -0.3 is 19.7 Å². The van der Waals surface area contributed by atoms with Gasteiger partial charge in [-0.15, -0.1) is 0 Å². The number of nitrogens with one attached hydrogen (secondary N) is 1. The molecule has 6 heteroatoms. The van der Waals surface area contributed by atoms with Gasteiger partial charge in [0.1, 0.15) is 12.4 Å². The molecule has 6 nitrogen and oxygen atoms in total. The van der Waals surface area contributed by atoms with Gasteiger partial charge in [-0.1, -0.05) is 6.07 Å². The molecule has 1 aliphatic heterocycles. The lowest BCUT2D eigenvalue weighted by Gasteiger charge is -2.23. The molecule has 1 saturated carbocycles. The average molecular weight is 381 g/mol. The molecule has 2 fully saturated rings. The number of benzene rings is 1. The minimum Gasteiger partial charge on any atom is -0.491 e. The Morgan fingerprint density at radius 3 is 2.68 bits per heavy atom. The van der Waals surface area contributed by atoms with E-state index in [4.69, 9.17) is 9.47 Å². The molecule has 2 heterocycles. The van der Waals surface area contributed by atoms with Crippen LogP contribution in [-0.2, 0) is 11.3 Å². The lowest BCUT2D eigenvalue weighted by atomic mass is 10.1. The Morgan fingerprint density at radius 2 is 2.00 bits per heavy atom. The number of rotatable bonds is 7. The highest BCUT2D eigenvalue weighted by molar-refractivity contribution is 5.89. The van der Waals surface area contributed by atoms with Gasteiger partial charge in [0.05, 0.1) is 18.3 Å². The molecular formula is C22H27N3O3. The van der Waals surface area contributed by atoms with Gasteiger partial charge in [-0.2, -0.15) is 0 Å². The van der Waals surface area contributed by atoms with E-state index in [1.165, 1.54) is 6.42 Å². The molecule has 0 radical (unpaired) electrons. The third-order valence-corrected chi connectivity index (χ3v) is 5.12. The maximum Gasteiger partial charge on any atom is 0.322 e. The summed E-state index contributed by atoms with van der Waals surface area (Å²) in [5.74, 6) is 0.791. The number of urea groups is 1. The van der Waals surface area contributed by atoms with E-state index in [1.54, 1.807) is 6.20 Å². The first kappa shape index (κ1) is 18.7. The molecule has 1 atom stereocenters. The molecule has 2 aromatic rings. The fourth-order valence-corrected chi connectivity index (χ4v) is 3.38. The number of aromatic nitrogens is 1. The van der Waals surface area contributed by atoms with E-state index in [0.717, 1.165) is 49.4 Å². The lowest BCUT2D eigenvalue weighted by molar-refractivity contribution is -0.0110. The maximum absolute atomic E-state index is 12.8. The van der Waals surface area contributed by atoms with Gasteiger partial charge in [0.25, 0.3) is 0 Å². The maximum atomic E-state index is 12.8. The van der Waals surface area contributed by atoms with Gasteiger partial charge in [0.15, 0.2) is 0 Å². The Balaban J connectivity index is 1.30. The zero-order valence-corrected chi connectivity index (χ0v) is 16.0. The van der Waals surface area contributed by atoms with Crippen LogP contribution in [0.4, 0.5) is 10.5 Å². The molecule has 28 heavy (non-hydrogen) atoms. The first-order chi connectivity index (χ1) is 13.8. The normalized spacial score (nSPS) is 19.1. The van der Waals surface area contributed by atoms with Gasteiger partial charge in [0.2, 0.25) is 0 Å². The molecule has 148 valence electrons. The van der Waals surface area contributed by atoms with Gasteiger partial charge in [-0.3, -0.25) is 4.98 Å². The molecule has 1 unspecified atom stereocenters. The van der Waals surface area contributed by atoms with Crippen molar-refractivity contribution in [1.29, 1.82) is 0 Å². The van der Waals surface area contributed by atoms with Crippen LogP contribution in [0.5, 0.6) is 5.75 Å². The number of carbonyl (C=O) groups excluding carboxylic acids is 1. The summed E-state index contributed by atoms with van der Waals surface area (Å²) in [4.78, 5) is 19.0. The number of hydrogen-bond acceptors (Lipinski definition) is 4. The quantitative estimate of drug-likeness (QED) is 0.780. The van der Waals surface area contributed by atoms with Crippen LogP contribution in [0.2, 0.25) is 0 Å². The second kappa shape index (κ2) is 9.06. The molecule has 0 spiro atoms. The van der Waals surface area contributed by atoms with Crippen LogP contribution in [0.25, 0.3) is 0 Å². The van der Waals surface area contributed by atoms with Crippen LogP contribution < -0.4 is 10.1 Å². The number of anilines is 1. The summed E-state index contributed by atoms with van der Waals surface area (Å²) in [6.45, 7) is 1.93. The number of carbonyl (C=O) groups is 1. The van der Waals surface area contributed by atoms with Crippen LogP contribution in [-0.4, -0.2) is 41.3 Å². The molecule has 1 N–H and O–H groups in total. The molecule has 0 bridgehead atoms. The highest BCUT2D eigenvalue weighted by Crippen LogP contribution is 2.29. The summed E-state index contributed by atoms with van der Waals surface area (Å²) >= 11 is 0. The van der Waals surface area contributed by atoms with Crippen molar-refractivity contribution < 1.29 is 14.3 Å². The second-order valence-corrected chi connectivity index (χ2v) is 7.43. The first-order valence-electron chi connectivity index (χ1n) is 10.1. The van der Waals surface area contributed by atoms with Crippen molar-refractivity contribution in [3.8, 4) is 5.75 Å². The Bertz CT molecular complexity index is 756. The Kier molecular flexibility index (Phi) is 6.07. The van der Waals surface area contributed by atoms with Crippen molar-refractivity contribution in [3.63, 3.8) is 0 Å². The predicted octanol–water partition coefficient (Wildman–Crippen LogP) is 4.23. The van der Waals surface area contributed by atoms with Crippen molar-refractivity contribution in [2.45, 2.75) is 50.8 Å². The standard InChI is InChI=1S/C22H27N3O3/c26-22(25(19-9-10-19)15-18-5-1-3-13-23-18)24-17-7-11-20(12-8-17)28-16-21-6-2-4-14-27-21/h1,3,5,7-8,11-13,19,21H,2,4,6,9-10,14-16H2,(H,24,26). The largest absolute Gasteiger partial charge is 0.491 e. The molecule has 1 saturated heterocycles. The van der Waals surface area contributed by atoms with Crippen LogP contribution in [0.1, 0.15) is 37.8 Å². The Hall–Kier alpha value is -2.60. The number of ether oxygens (including phenoxy) is 2. The summed E-state index contributed by atoms with van der Waals surface area (Å²) in [6, 6.07) is 13.5. The summed E-state index contributed by atoms with van der Waals surface area (Å²) in [5.41, 5.74) is 1.66. The van der Waals surface area contributed by atoms with E-state index in [-0.39, 0.29) is 12.1 Å². The summed E-state index contributed by atoms with van der Waals surface area (Å²) in [6.07, 6.45) is 7.45. The number of hydrogen-bond donors (Lipinski definition) is 1. The van der Waals surface area contributed by atoms with Gasteiger partial charge >= 0.3 is 6.03 Å². The van der Waals surface area contributed by atoms with Gasteiger partial charge in [0, 0.05) is 24.5 Å². The monoisotopic (exact) mass is 381 g/mol. The minimum atomic E-state index is -0.0857. The Labute approximate surface area is 165 Å². The van der Waals surface area contributed by atoms with E-state index in [0.29, 0.717) is 19.2 Å². The minimum absolute atomic E-state index is 0.0857. The number of amides is 2. The third kappa shape index (κ3) is 5.23. The summed E-state index contributed by atoms with van der Waals surface area (Å²) in [7, 11) is 0. The van der Waals surface area contributed by atoms with Crippen molar-refractivity contribution in [2.75, 3.05) is 18.5 Å². The summed E-state index contributed by atoms with van der Waals surface area (Å²) < 4.78 is 11.5. The van der Waals surface area contributed by atoms with Crippen LogP contribution in [0.15, 0.2) is 48.7 Å². The molecule has 2 aliphatic rings. The topological polar surface area (TPSA) is 63.7 Å². The highest BCUT2D eigenvalue weighted by Gasteiger charge is 2.32. The molecule has 1 aliphatic carbocycles.